The van der Waals surface area contributed by atoms with E-state index in [0.29, 0.717) is 27.9 Å². The first-order valence-corrected chi connectivity index (χ1v) is 10.7. The van der Waals surface area contributed by atoms with Gasteiger partial charge in [-0.25, -0.2) is 9.18 Å². The molecule has 0 bridgehead atoms. The lowest BCUT2D eigenvalue weighted by molar-refractivity contribution is 0.00795. The van der Waals surface area contributed by atoms with Crippen molar-refractivity contribution in [2.45, 2.75) is 18.9 Å². The van der Waals surface area contributed by atoms with Gasteiger partial charge in [0, 0.05) is 38.8 Å². The number of hydrogen-bond acceptors (Lipinski definition) is 5. The second-order valence-corrected chi connectivity index (χ2v) is 8.52. The Labute approximate surface area is 185 Å². The SMILES string of the molecule is N#Cc1ccc(OC2CN(CC3CCN(c4ccc(F)cc4C(=O)O)CC3)C2)cc1Cl. The molecular formula is C23H23ClFN3O3. The number of aromatic carboxylic acids is 1. The maximum atomic E-state index is 13.4. The van der Waals surface area contributed by atoms with Gasteiger partial charge in [0.05, 0.1) is 21.8 Å². The predicted molar refractivity (Wildman–Crippen MR) is 115 cm³/mol. The normalized spacial score (nSPS) is 17.8. The number of likely N-dealkylation sites (tertiary alicyclic amines) is 1. The lowest BCUT2D eigenvalue weighted by atomic mass is 9.94. The molecule has 0 aliphatic carbocycles. The molecule has 0 aromatic heterocycles. The number of nitriles is 1. The van der Waals surface area contributed by atoms with Crippen molar-refractivity contribution in [3.63, 3.8) is 0 Å². The van der Waals surface area contributed by atoms with E-state index in [-0.39, 0.29) is 11.7 Å². The molecular weight excluding hydrogens is 421 g/mol. The molecule has 162 valence electrons. The molecule has 2 aliphatic rings. The molecule has 0 spiro atoms. The highest BCUT2D eigenvalue weighted by Crippen LogP contribution is 2.29. The molecule has 2 heterocycles. The lowest BCUT2D eigenvalue weighted by Crippen LogP contribution is -2.55. The van der Waals surface area contributed by atoms with Crippen molar-refractivity contribution in [1.82, 2.24) is 4.90 Å². The number of hydrogen-bond donors (Lipinski definition) is 1. The molecule has 31 heavy (non-hydrogen) atoms. The summed E-state index contributed by atoms with van der Waals surface area (Å²) in [5.74, 6) is -0.425. The zero-order valence-electron chi connectivity index (χ0n) is 16.9. The number of carboxylic acids is 1. The van der Waals surface area contributed by atoms with E-state index < -0.39 is 11.8 Å². The van der Waals surface area contributed by atoms with E-state index >= 15 is 0 Å². The van der Waals surface area contributed by atoms with Crippen LogP contribution in [-0.2, 0) is 0 Å². The van der Waals surface area contributed by atoms with Crippen molar-refractivity contribution in [3.05, 3.63) is 58.4 Å². The highest BCUT2D eigenvalue weighted by molar-refractivity contribution is 6.31. The molecule has 2 aromatic rings. The van der Waals surface area contributed by atoms with E-state index in [9.17, 15) is 14.3 Å². The Balaban J connectivity index is 1.23. The summed E-state index contributed by atoms with van der Waals surface area (Å²) in [6, 6.07) is 11.1. The number of halogens is 2. The van der Waals surface area contributed by atoms with Gasteiger partial charge in [0.2, 0.25) is 0 Å². The number of rotatable bonds is 6. The molecule has 2 aliphatic heterocycles. The molecule has 8 heteroatoms. The van der Waals surface area contributed by atoms with E-state index in [1.165, 1.54) is 6.07 Å². The summed E-state index contributed by atoms with van der Waals surface area (Å²) in [5.41, 5.74) is 1.04. The van der Waals surface area contributed by atoms with Crippen LogP contribution in [0.5, 0.6) is 5.75 Å². The van der Waals surface area contributed by atoms with Crippen molar-refractivity contribution in [2.75, 3.05) is 37.6 Å². The van der Waals surface area contributed by atoms with E-state index in [4.69, 9.17) is 21.6 Å². The first kappa shape index (κ1) is 21.4. The minimum Gasteiger partial charge on any atom is -0.488 e. The summed E-state index contributed by atoms with van der Waals surface area (Å²) in [4.78, 5) is 15.8. The van der Waals surface area contributed by atoms with Crippen LogP contribution in [-0.4, -0.2) is 54.8 Å². The third-order valence-corrected chi connectivity index (χ3v) is 6.26. The van der Waals surface area contributed by atoms with Gasteiger partial charge in [0.15, 0.2) is 0 Å². The summed E-state index contributed by atoms with van der Waals surface area (Å²) in [6.07, 6.45) is 2.04. The summed E-state index contributed by atoms with van der Waals surface area (Å²) >= 11 is 6.05. The molecule has 2 fully saturated rings. The van der Waals surface area contributed by atoms with Crippen LogP contribution < -0.4 is 9.64 Å². The zero-order chi connectivity index (χ0) is 22.0. The van der Waals surface area contributed by atoms with Crippen LogP contribution in [0.4, 0.5) is 10.1 Å². The van der Waals surface area contributed by atoms with E-state index in [1.54, 1.807) is 24.3 Å². The number of piperidine rings is 1. The second kappa shape index (κ2) is 9.13. The molecule has 2 aromatic carbocycles. The van der Waals surface area contributed by atoms with Gasteiger partial charge in [-0.05, 0) is 49.1 Å². The Bertz CT molecular complexity index is 1010. The van der Waals surface area contributed by atoms with Crippen LogP contribution in [0.1, 0.15) is 28.8 Å². The standard InChI is InChI=1S/C23H23ClFN3O3/c24-21-10-18(3-1-16(21)11-26)31-19-13-27(14-19)12-15-5-7-28(8-6-15)22-4-2-17(25)9-20(22)23(29)30/h1-4,9-10,15,19H,5-8,12-14H2,(H,29,30). The van der Waals surface area contributed by atoms with E-state index in [0.717, 1.165) is 51.6 Å². The average Bonchev–Trinajstić information content (AvgIpc) is 2.73. The third kappa shape index (κ3) is 4.92. The third-order valence-electron chi connectivity index (χ3n) is 5.95. The van der Waals surface area contributed by atoms with Crippen LogP contribution >= 0.6 is 11.6 Å². The Kier molecular flexibility index (Phi) is 6.30. The van der Waals surface area contributed by atoms with E-state index in [1.807, 2.05) is 11.0 Å². The quantitative estimate of drug-likeness (QED) is 0.726. The monoisotopic (exact) mass is 443 g/mol. The second-order valence-electron chi connectivity index (χ2n) is 8.11. The fourth-order valence-corrected chi connectivity index (χ4v) is 4.49. The van der Waals surface area contributed by atoms with Gasteiger partial charge >= 0.3 is 5.97 Å². The number of anilines is 1. The molecule has 0 unspecified atom stereocenters. The van der Waals surface area contributed by atoms with Crippen LogP contribution in [0.25, 0.3) is 0 Å². The first-order valence-electron chi connectivity index (χ1n) is 10.3. The van der Waals surface area contributed by atoms with Gasteiger partial charge in [0.25, 0.3) is 0 Å². The number of benzene rings is 2. The number of ether oxygens (including phenoxy) is 1. The summed E-state index contributed by atoms with van der Waals surface area (Å²) in [7, 11) is 0. The Morgan fingerprint density at radius 1 is 1.23 bits per heavy atom. The zero-order valence-corrected chi connectivity index (χ0v) is 17.7. The van der Waals surface area contributed by atoms with Crippen molar-refractivity contribution in [1.29, 1.82) is 5.26 Å². The van der Waals surface area contributed by atoms with E-state index in [2.05, 4.69) is 4.90 Å². The summed E-state index contributed by atoms with van der Waals surface area (Å²) < 4.78 is 19.4. The largest absolute Gasteiger partial charge is 0.488 e. The average molecular weight is 444 g/mol. The van der Waals surface area contributed by atoms with Gasteiger partial charge in [-0.1, -0.05) is 11.6 Å². The minimum absolute atomic E-state index is 0.0177. The Morgan fingerprint density at radius 2 is 1.97 bits per heavy atom. The molecule has 0 radical (unpaired) electrons. The van der Waals surface area contributed by atoms with Gasteiger partial charge in [-0.15, -0.1) is 0 Å². The minimum atomic E-state index is -1.10. The number of carboxylic acid groups (broad SMARTS) is 1. The molecule has 0 amide bonds. The molecule has 0 atom stereocenters. The van der Waals surface area contributed by atoms with Crippen LogP contribution in [0, 0.1) is 23.1 Å². The molecule has 1 N–H and O–H groups in total. The van der Waals surface area contributed by atoms with Crippen molar-refractivity contribution in [2.24, 2.45) is 5.92 Å². The van der Waals surface area contributed by atoms with Crippen LogP contribution in [0.2, 0.25) is 5.02 Å². The number of nitrogens with zero attached hydrogens (tertiary/aromatic N) is 3. The Morgan fingerprint density at radius 3 is 2.61 bits per heavy atom. The fraction of sp³-hybridized carbons (Fsp3) is 0.391. The summed E-state index contributed by atoms with van der Waals surface area (Å²) in [6.45, 7) is 4.19. The first-order chi connectivity index (χ1) is 14.9. The highest BCUT2D eigenvalue weighted by Gasteiger charge is 2.32. The predicted octanol–water partition coefficient (Wildman–Crippen LogP) is 4.03. The molecule has 0 saturated carbocycles. The maximum absolute atomic E-state index is 13.4. The van der Waals surface area contributed by atoms with Gasteiger partial charge in [0.1, 0.15) is 23.7 Å². The lowest BCUT2D eigenvalue weighted by Gasteiger charge is -2.43. The smallest absolute Gasteiger partial charge is 0.337 e. The van der Waals surface area contributed by atoms with Crippen molar-refractivity contribution < 1.29 is 19.0 Å². The Hall–Kier alpha value is -2.82. The van der Waals surface area contributed by atoms with Crippen LogP contribution in [0.15, 0.2) is 36.4 Å². The number of carbonyl (C=O) groups is 1. The van der Waals surface area contributed by atoms with Gasteiger partial charge in [-0.2, -0.15) is 5.26 Å². The van der Waals surface area contributed by atoms with Gasteiger partial charge in [-0.3, -0.25) is 4.90 Å². The maximum Gasteiger partial charge on any atom is 0.337 e. The van der Waals surface area contributed by atoms with Gasteiger partial charge < -0.3 is 14.7 Å². The molecule has 6 nitrogen and oxygen atoms in total. The topological polar surface area (TPSA) is 76.8 Å². The fourth-order valence-electron chi connectivity index (χ4n) is 4.28. The molecule has 4 rings (SSSR count). The molecule has 2 saturated heterocycles. The summed E-state index contributed by atoms with van der Waals surface area (Å²) in [5, 5.41) is 18.7. The highest BCUT2D eigenvalue weighted by atomic mass is 35.5. The van der Waals surface area contributed by atoms with Crippen molar-refractivity contribution >= 4 is 23.3 Å². The van der Waals surface area contributed by atoms with Crippen LogP contribution in [0.3, 0.4) is 0 Å². The van der Waals surface area contributed by atoms with Crippen molar-refractivity contribution in [3.8, 4) is 11.8 Å².